The monoisotopic (exact) mass is 589 g/mol. The van der Waals surface area contributed by atoms with Gasteiger partial charge in [0.2, 0.25) is 5.91 Å². The van der Waals surface area contributed by atoms with Crippen LogP contribution in [-0.2, 0) is 25.7 Å². The Morgan fingerprint density at radius 2 is 1.62 bits per heavy atom. The molecule has 216 valence electrons. The van der Waals surface area contributed by atoms with E-state index in [2.05, 4.69) is 5.32 Å². The number of nitro benzene ring substituents is 1. The van der Waals surface area contributed by atoms with Crippen LogP contribution < -0.4 is 5.32 Å². The number of aliphatic hydroxyl groups excluding tert-OH is 1. The van der Waals surface area contributed by atoms with E-state index in [0.717, 1.165) is 11.1 Å². The Labute approximate surface area is 245 Å². The van der Waals surface area contributed by atoms with E-state index in [9.17, 15) is 29.6 Å². The van der Waals surface area contributed by atoms with E-state index in [-0.39, 0.29) is 12.3 Å². The van der Waals surface area contributed by atoms with Crippen molar-refractivity contribution in [1.29, 1.82) is 0 Å². The molecule has 2 heterocycles. The molecule has 0 saturated carbocycles. The van der Waals surface area contributed by atoms with Crippen molar-refractivity contribution in [3.8, 4) is 0 Å². The maximum Gasteiger partial charge on any atom is 0.408 e. The fourth-order valence-corrected chi connectivity index (χ4v) is 6.10. The van der Waals surface area contributed by atoms with E-state index in [1.807, 2.05) is 60.7 Å². The maximum atomic E-state index is 13.7. The highest BCUT2D eigenvalue weighted by molar-refractivity contribution is 8.03. The van der Waals surface area contributed by atoms with Gasteiger partial charge >= 0.3 is 12.1 Å². The van der Waals surface area contributed by atoms with Gasteiger partial charge in [-0.05, 0) is 46.7 Å². The van der Waals surface area contributed by atoms with Crippen LogP contribution in [0, 0.1) is 10.1 Å². The number of hydrogen-bond acceptors (Lipinski definition) is 9. The zero-order valence-corrected chi connectivity index (χ0v) is 23.2. The van der Waals surface area contributed by atoms with Crippen LogP contribution in [0.5, 0.6) is 0 Å². The maximum absolute atomic E-state index is 13.7. The molecule has 42 heavy (non-hydrogen) atoms. The van der Waals surface area contributed by atoms with Crippen molar-refractivity contribution in [2.75, 3.05) is 0 Å². The van der Waals surface area contributed by atoms with Crippen molar-refractivity contribution in [2.24, 2.45) is 0 Å². The van der Waals surface area contributed by atoms with Crippen LogP contribution in [0.1, 0.15) is 29.7 Å². The number of fused-ring (bicyclic) bond motifs is 1. The summed E-state index contributed by atoms with van der Waals surface area (Å²) < 4.78 is 11.2. The van der Waals surface area contributed by atoms with E-state index in [1.165, 1.54) is 47.9 Å². The summed E-state index contributed by atoms with van der Waals surface area (Å²) in [6.45, 7) is 1.35. The number of thioether (sulfide) groups is 1. The first-order valence-corrected chi connectivity index (χ1v) is 14.0. The van der Waals surface area contributed by atoms with Gasteiger partial charge in [-0.25, -0.2) is 9.59 Å². The van der Waals surface area contributed by atoms with Gasteiger partial charge in [-0.1, -0.05) is 60.7 Å². The summed E-state index contributed by atoms with van der Waals surface area (Å²) in [6.07, 6.45) is -2.64. The van der Waals surface area contributed by atoms with Gasteiger partial charge in [-0.15, -0.1) is 11.8 Å². The molecule has 0 spiro atoms. The van der Waals surface area contributed by atoms with Crippen LogP contribution in [0.4, 0.5) is 10.5 Å². The number of carbonyl (C=O) groups is 3. The Balaban J connectivity index is 1.29. The molecule has 2 N–H and O–H groups in total. The molecule has 0 radical (unpaired) electrons. The highest BCUT2D eigenvalue weighted by Gasteiger charge is 2.57. The minimum atomic E-state index is -1.19. The van der Waals surface area contributed by atoms with Gasteiger partial charge in [0.25, 0.3) is 5.69 Å². The molecule has 0 bridgehead atoms. The Morgan fingerprint density at radius 1 is 1.02 bits per heavy atom. The van der Waals surface area contributed by atoms with Gasteiger partial charge in [-0.2, -0.15) is 0 Å². The van der Waals surface area contributed by atoms with Gasteiger partial charge in [0, 0.05) is 12.1 Å². The number of ether oxygens (including phenoxy) is 2. The first-order valence-electron chi connectivity index (χ1n) is 13.1. The number of β-lactam (4-membered cyclic amide) rings is 1. The molecule has 0 aromatic heterocycles. The van der Waals surface area contributed by atoms with Crippen molar-refractivity contribution in [1.82, 2.24) is 10.2 Å². The van der Waals surface area contributed by atoms with Gasteiger partial charge in [0.15, 0.2) is 12.1 Å². The molecule has 12 heteroatoms. The third-order valence-electron chi connectivity index (χ3n) is 6.95. The van der Waals surface area contributed by atoms with Crippen molar-refractivity contribution in [3.63, 3.8) is 0 Å². The summed E-state index contributed by atoms with van der Waals surface area (Å²) in [5.41, 5.74) is 2.24. The topological polar surface area (TPSA) is 148 Å². The smallest absolute Gasteiger partial charge is 0.408 e. The normalized spacial score (nSPS) is 20.1. The predicted octanol–water partition coefficient (Wildman–Crippen LogP) is 4.07. The average Bonchev–Trinajstić information content (AvgIpc) is 3.01. The van der Waals surface area contributed by atoms with Crippen LogP contribution in [0.2, 0.25) is 0 Å². The van der Waals surface area contributed by atoms with Gasteiger partial charge in [0.05, 0.1) is 11.0 Å². The van der Waals surface area contributed by atoms with Crippen LogP contribution in [0.15, 0.2) is 95.9 Å². The molecule has 2 aliphatic rings. The highest BCUT2D eigenvalue weighted by atomic mass is 32.2. The second-order valence-electron chi connectivity index (χ2n) is 9.73. The van der Waals surface area contributed by atoms with Gasteiger partial charge in [-0.3, -0.25) is 14.9 Å². The van der Waals surface area contributed by atoms with E-state index < -0.39 is 52.6 Å². The van der Waals surface area contributed by atoms with E-state index in [4.69, 9.17) is 9.47 Å². The molecule has 4 atom stereocenters. The lowest BCUT2D eigenvalue weighted by Gasteiger charge is -2.52. The average molecular weight is 590 g/mol. The number of nitrogens with one attached hydrogen (secondary N) is 1. The van der Waals surface area contributed by atoms with E-state index in [0.29, 0.717) is 11.1 Å². The summed E-state index contributed by atoms with van der Waals surface area (Å²) in [5.74, 6) is -1.23. The number of rotatable bonds is 9. The molecule has 5 rings (SSSR count). The third-order valence-corrected chi connectivity index (χ3v) is 8.14. The second-order valence-corrected chi connectivity index (χ2v) is 10.7. The summed E-state index contributed by atoms with van der Waals surface area (Å²) >= 11 is 1.20. The van der Waals surface area contributed by atoms with Crippen LogP contribution in [0.3, 0.4) is 0 Å². The molecule has 0 aliphatic carbocycles. The van der Waals surface area contributed by atoms with Gasteiger partial charge in [0.1, 0.15) is 18.0 Å². The summed E-state index contributed by atoms with van der Waals surface area (Å²) in [7, 11) is 0. The van der Waals surface area contributed by atoms with Crippen molar-refractivity contribution in [2.45, 2.75) is 43.2 Å². The van der Waals surface area contributed by atoms with Crippen LogP contribution in [0.25, 0.3) is 0 Å². The summed E-state index contributed by atoms with van der Waals surface area (Å²) in [5, 5.41) is 24.8. The number of aliphatic hydroxyl groups is 1. The zero-order chi connectivity index (χ0) is 29.8. The Hall–Kier alpha value is -4.68. The van der Waals surface area contributed by atoms with E-state index >= 15 is 0 Å². The van der Waals surface area contributed by atoms with Crippen LogP contribution >= 0.6 is 11.8 Å². The largest absolute Gasteiger partial charge is 0.451 e. The summed E-state index contributed by atoms with van der Waals surface area (Å²) in [6, 6.07) is 21.8. The third kappa shape index (κ3) is 5.99. The molecule has 3 unspecified atom stereocenters. The lowest BCUT2D eigenvalue weighted by atomic mass is 9.95. The minimum absolute atomic E-state index is 0.0887. The second kappa shape index (κ2) is 12.5. The molecule has 1 saturated heterocycles. The number of amides is 2. The number of carbonyl (C=O) groups excluding carboxylic acids is 3. The number of nitro groups is 1. The SMILES string of the molecule is CC(O)C1=CS[C@@H]2C(NC(=O)OCc3ccc([N+](=O)[O-])cc3)C(=O)N2C1C(=O)OC(c1ccccc1)c1ccccc1. The van der Waals surface area contributed by atoms with Gasteiger partial charge < -0.3 is 24.8 Å². The minimum Gasteiger partial charge on any atom is -0.451 e. The van der Waals surface area contributed by atoms with E-state index in [1.54, 1.807) is 5.41 Å². The number of non-ortho nitro benzene ring substituents is 1. The number of alkyl carbamates (subject to hydrolysis) is 1. The number of nitrogens with zero attached hydrogens (tertiary/aromatic N) is 2. The first kappa shape index (κ1) is 28.8. The fourth-order valence-electron chi connectivity index (χ4n) is 4.78. The molecule has 1 fully saturated rings. The lowest BCUT2D eigenvalue weighted by molar-refractivity contribution is -0.384. The lowest BCUT2D eigenvalue weighted by Crippen LogP contribution is -2.74. The van der Waals surface area contributed by atoms with Crippen molar-refractivity contribution in [3.05, 3.63) is 123 Å². The quantitative estimate of drug-likeness (QED) is 0.163. The summed E-state index contributed by atoms with van der Waals surface area (Å²) in [4.78, 5) is 51.1. The molecule has 2 amide bonds. The first-order chi connectivity index (χ1) is 20.2. The van der Waals surface area contributed by atoms with Crippen LogP contribution in [-0.4, -0.2) is 56.5 Å². The number of esters is 1. The van der Waals surface area contributed by atoms with Crippen molar-refractivity contribution < 1.29 is 33.9 Å². The molecule has 11 nitrogen and oxygen atoms in total. The standard InChI is InChI=1S/C30H27N3O8S/c1-18(34)23-17-42-28-24(31-30(37)40-16-19-12-14-22(15-13-19)33(38)39)27(35)32(28)25(23)29(36)41-26(20-8-4-2-5-9-20)21-10-6-3-7-11-21/h2-15,17-18,24-26,28,34H,16H2,1H3,(H,31,37)/t18?,24?,25?,28-/m1/s1. The molecular weight excluding hydrogens is 562 g/mol. The molecule has 3 aromatic carbocycles. The fraction of sp³-hybridized carbons (Fsp3) is 0.233. The Kier molecular flexibility index (Phi) is 8.55. The molecule has 2 aliphatic heterocycles. The number of benzene rings is 3. The molecular formula is C30H27N3O8S. The Bertz CT molecular complexity index is 1460. The highest BCUT2D eigenvalue weighted by Crippen LogP contribution is 2.42. The predicted molar refractivity (Wildman–Crippen MR) is 153 cm³/mol. The number of hydrogen-bond donors (Lipinski definition) is 2. The Morgan fingerprint density at radius 3 is 2.17 bits per heavy atom. The molecule has 3 aromatic rings. The van der Waals surface area contributed by atoms with Crippen molar-refractivity contribution >= 4 is 35.4 Å². The zero-order valence-electron chi connectivity index (χ0n) is 22.4.